The second-order valence-corrected chi connectivity index (χ2v) is 11.4. The number of aryl methyl sites for hydroxylation is 1. The van der Waals surface area contributed by atoms with Crippen LogP contribution in [0.15, 0.2) is 42.1 Å². The third-order valence-electron chi connectivity index (χ3n) is 6.55. The van der Waals surface area contributed by atoms with Gasteiger partial charge >= 0.3 is 5.97 Å². The number of hydrogen-bond acceptors (Lipinski definition) is 8. The first-order chi connectivity index (χ1) is 19.0. The molecule has 2 aromatic heterocycles. The first kappa shape index (κ1) is 28.9. The van der Waals surface area contributed by atoms with Crippen LogP contribution in [0, 0.1) is 0 Å². The fraction of sp³-hybridized carbons (Fsp3) is 0.448. The van der Waals surface area contributed by atoms with E-state index in [1.54, 1.807) is 6.08 Å². The van der Waals surface area contributed by atoms with E-state index in [0.29, 0.717) is 34.7 Å². The molecule has 2 heterocycles. The van der Waals surface area contributed by atoms with Crippen molar-refractivity contribution in [1.82, 2.24) is 14.8 Å². The van der Waals surface area contributed by atoms with Crippen LogP contribution in [0.5, 0.6) is 5.75 Å². The lowest BCUT2D eigenvalue weighted by atomic mass is 9.96. The van der Waals surface area contributed by atoms with Gasteiger partial charge in [0.25, 0.3) is 0 Å². The fourth-order valence-corrected chi connectivity index (χ4v) is 6.60. The number of aromatic nitrogens is 3. The van der Waals surface area contributed by atoms with E-state index in [1.807, 2.05) is 28.8 Å². The number of fused-ring (bicyclic) bond motifs is 1. The highest BCUT2D eigenvalue weighted by atomic mass is 32.2. The number of allylic oxidation sites excluding steroid dienone is 1. The van der Waals surface area contributed by atoms with Crippen molar-refractivity contribution in [2.75, 3.05) is 24.8 Å². The molecule has 1 amide bonds. The minimum atomic E-state index is -0.395. The minimum Gasteiger partial charge on any atom is -0.494 e. The van der Waals surface area contributed by atoms with Crippen LogP contribution < -0.4 is 10.1 Å². The van der Waals surface area contributed by atoms with Crippen molar-refractivity contribution in [1.29, 1.82) is 0 Å². The molecule has 1 N–H and O–H groups in total. The number of nitrogens with one attached hydrogen (secondary N) is 1. The Morgan fingerprint density at radius 3 is 2.64 bits per heavy atom. The van der Waals surface area contributed by atoms with E-state index in [4.69, 9.17) is 9.47 Å². The summed E-state index contributed by atoms with van der Waals surface area (Å²) in [6, 6.07) is 7.79. The van der Waals surface area contributed by atoms with Gasteiger partial charge in [0.1, 0.15) is 10.8 Å². The van der Waals surface area contributed by atoms with Gasteiger partial charge in [-0.05, 0) is 61.9 Å². The van der Waals surface area contributed by atoms with E-state index in [2.05, 4.69) is 29.0 Å². The number of thioether (sulfide) groups is 1. The summed E-state index contributed by atoms with van der Waals surface area (Å²) in [6.45, 7) is 7.20. The molecule has 0 atom stereocenters. The summed E-state index contributed by atoms with van der Waals surface area (Å²) < 4.78 is 12.8. The number of carbonyl (C=O) groups is 2. The van der Waals surface area contributed by atoms with Crippen LogP contribution in [-0.2, 0) is 28.9 Å². The lowest BCUT2D eigenvalue weighted by Gasteiger charge is -2.11. The summed E-state index contributed by atoms with van der Waals surface area (Å²) in [5.74, 6) is 1.05. The number of unbranched alkanes of at least 4 members (excludes halogenated alkanes) is 1. The molecule has 0 bridgehead atoms. The maximum atomic E-state index is 13.0. The summed E-state index contributed by atoms with van der Waals surface area (Å²) in [5, 5.41) is 12.9. The molecular formula is C29H36N4O4S2. The molecule has 0 saturated heterocycles. The van der Waals surface area contributed by atoms with Gasteiger partial charge in [0.15, 0.2) is 11.0 Å². The van der Waals surface area contributed by atoms with E-state index < -0.39 is 5.97 Å². The standard InChI is InChI=1S/C29H36N4O4S2/c1-4-6-18-37-21-15-13-20(14-16-21)26-31-32-29(33(26)17-5-2)38-19-24(34)30-27-25(28(35)36-3)22-11-9-7-8-10-12-23(22)39-27/h5,13-16H,2,4,6-12,17-19H2,1,3H3,(H,30,34). The van der Waals surface area contributed by atoms with E-state index in [-0.39, 0.29) is 11.7 Å². The topological polar surface area (TPSA) is 95.3 Å². The molecule has 0 unspecified atom stereocenters. The molecule has 0 fully saturated rings. The molecule has 1 aliphatic carbocycles. The number of hydrogen-bond donors (Lipinski definition) is 1. The normalized spacial score (nSPS) is 13.2. The van der Waals surface area contributed by atoms with Gasteiger partial charge < -0.3 is 14.8 Å². The van der Waals surface area contributed by atoms with Gasteiger partial charge in [-0.3, -0.25) is 9.36 Å². The van der Waals surface area contributed by atoms with E-state index in [0.717, 1.165) is 61.8 Å². The highest BCUT2D eigenvalue weighted by molar-refractivity contribution is 7.99. The molecule has 0 aliphatic heterocycles. The van der Waals surface area contributed by atoms with Crippen LogP contribution in [-0.4, -0.2) is 46.1 Å². The zero-order chi connectivity index (χ0) is 27.6. The van der Waals surface area contributed by atoms with Crippen LogP contribution in [0.2, 0.25) is 0 Å². The van der Waals surface area contributed by atoms with Crippen molar-refractivity contribution in [2.45, 2.75) is 70.0 Å². The number of rotatable bonds is 12. The Bertz CT molecular complexity index is 1280. The van der Waals surface area contributed by atoms with Crippen LogP contribution >= 0.6 is 23.1 Å². The lowest BCUT2D eigenvalue weighted by Crippen LogP contribution is -2.17. The monoisotopic (exact) mass is 568 g/mol. The molecule has 0 spiro atoms. The van der Waals surface area contributed by atoms with Crippen LogP contribution in [0.3, 0.4) is 0 Å². The van der Waals surface area contributed by atoms with Crippen molar-refractivity contribution in [3.63, 3.8) is 0 Å². The Labute approximate surface area is 238 Å². The second-order valence-electron chi connectivity index (χ2n) is 9.38. The third-order valence-corrected chi connectivity index (χ3v) is 8.73. The Morgan fingerprint density at radius 2 is 1.92 bits per heavy atom. The fourth-order valence-electron chi connectivity index (χ4n) is 4.56. The molecule has 8 nitrogen and oxygen atoms in total. The van der Waals surface area contributed by atoms with Gasteiger partial charge in [0, 0.05) is 17.0 Å². The molecule has 1 aliphatic rings. The summed E-state index contributed by atoms with van der Waals surface area (Å²) in [4.78, 5) is 26.9. The number of anilines is 1. The molecule has 1 aromatic carbocycles. The van der Waals surface area contributed by atoms with E-state index >= 15 is 0 Å². The summed E-state index contributed by atoms with van der Waals surface area (Å²) in [7, 11) is 1.38. The average molecular weight is 569 g/mol. The number of nitrogens with zero attached hydrogens (tertiary/aromatic N) is 3. The Balaban J connectivity index is 1.46. The predicted molar refractivity (Wildman–Crippen MR) is 157 cm³/mol. The van der Waals surface area contributed by atoms with Gasteiger partial charge in [0.05, 0.1) is 25.0 Å². The number of esters is 1. The van der Waals surface area contributed by atoms with E-state index in [1.165, 1.54) is 41.5 Å². The van der Waals surface area contributed by atoms with Crippen molar-refractivity contribution in [2.24, 2.45) is 0 Å². The Kier molecular flexibility index (Phi) is 10.6. The average Bonchev–Trinajstić information content (AvgIpc) is 3.48. The van der Waals surface area contributed by atoms with Crippen LogP contribution in [0.25, 0.3) is 11.4 Å². The van der Waals surface area contributed by atoms with Crippen LogP contribution in [0.4, 0.5) is 5.00 Å². The van der Waals surface area contributed by atoms with Gasteiger partial charge in [-0.1, -0.05) is 44.0 Å². The molecule has 10 heteroatoms. The largest absolute Gasteiger partial charge is 0.494 e. The highest BCUT2D eigenvalue weighted by Crippen LogP contribution is 2.38. The molecule has 0 radical (unpaired) electrons. The molecule has 3 aromatic rings. The molecule has 4 rings (SSSR count). The molecule has 0 saturated carbocycles. The predicted octanol–water partition coefficient (Wildman–Crippen LogP) is 6.55. The first-order valence-corrected chi connectivity index (χ1v) is 15.3. The van der Waals surface area contributed by atoms with E-state index in [9.17, 15) is 9.59 Å². The number of amides is 1. The smallest absolute Gasteiger partial charge is 0.341 e. The first-order valence-electron chi connectivity index (χ1n) is 13.5. The minimum absolute atomic E-state index is 0.128. The quantitative estimate of drug-likeness (QED) is 0.115. The van der Waals surface area contributed by atoms with Crippen molar-refractivity contribution < 1.29 is 19.1 Å². The van der Waals surface area contributed by atoms with Gasteiger partial charge in [-0.2, -0.15) is 0 Å². The number of methoxy groups -OCH3 is 1. The third kappa shape index (κ3) is 7.30. The van der Waals surface area contributed by atoms with Crippen molar-refractivity contribution in [3.05, 3.63) is 52.9 Å². The molecule has 39 heavy (non-hydrogen) atoms. The highest BCUT2D eigenvalue weighted by Gasteiger charge is 2.26. The molecule has 208 valence electrons. The maximum absolute atomic E-state index is 13.0. The second kappa shape index (κ2) is 14.3. The van der Waals surface area contributed by atoms with Crippen molar-refractivity contribution >= 4 is 40.0 Å². The van der Waals surface area contributed by atoms with Crippen molar-refractivity contribution in [3.8, 4) is 17.1 Å². The summed E-state index contributed by atoms with van der Waals surface area (Å²) >= 11 is 2.80. The van der Waals surface area contributed by atoms with Gasteiger partial charge in [0.2, 0.25) is 5.91 Å². The number of benzene rings is 1. The van der Waals surface area contributed by atoms with Gasteiger partial charge in [-0.15, -0.1) is 28.1 Å². The van der Waals surface area contributed by atoms with Crippen LogP contribution in [0.1, 0.15) is 66.2 Å². The Morgan fingerprint density at radius 1 is 1.15 bits per heavy atom. The SMILES string of the molecule is C=CCn1c(SCC(=O)Nc2sc3c(c2C(=O)OC)CCCCCC3)nnc1-c1ccc(OCCCC)cc1. The van der Waals surface area contributed by atoms with Gasteiger partial charge in [-0.25, -0.2) is 4.79 Å². The summed E-state index contributed by atoms with van der Waals surface area (Å²) in [5.41, 5.74) is 2.45. The molecular weight excluding hydrogens is 532 g/mol. The summed E-state index contributed by atoms with van der Waals surface area (Å²) in [6.07, 6.45) is 10.1. The zero-order valence-corrected chi connectivity index (χ0v) is 24.3. The number of ether oxygens (including phenoxy) is 2. The Hall–Kier alpha value is -3.11. The zero-order valence-electron chi connectivity index (χ0n) is 22.7. The number of thiophene rings is 1. The maximum Gasteiger partial charge on any atom is 0.341 e. The number of carbonyl (C=O) groups excluding carboxylic acids is 2. The lowest BCUT2D eigenvalue weighted by molar-refractivity contribution is -0.113.